The van der Waals surface area contributed by atoms with Crippen molar-refractivity contribution in [2.24, 2.45) is 10.8 Å². The van der Waals surface area contributed by atoms with E-state index in [0.717, 1.165) is 103 Å². The van der Waals surface area contributed by atoms with E-state index in [1.807, 2.05) is 0 Å². The summed E-state index contributed by atoms with van der Waals surface area (Å²) >= 11 is 0. The Hall–Kier alpha value is -1.14. The largest absolute Gasteiger partial charge is 0.465 e. The van der Waals surface area contributed by atoms with Crippen LogP contribution in [0.5, 0.6) is 0 Å². The van der Waals surface area contributed by atoms with Crippen LogP contribution < -0.4 is 0 Å². The maximum Gasteiger partial charge on any atom is 0.311 e. The lowest BCUT2D eigenvalue weighted by molar-refractivity contribution is -0.161. The van der Waals surface area contributed by atoms with Crippen LogP contribution in [0.1, 0.15) is 267 Å². The number of hydrogen-bond donors (Lipinski definition) is 1. The third-order valence-corrected chi connectivity index (χ3v) is 12.2. The molecule has 0 amide bonds. The molecule has 0 rings (SSSR count). The molecule has 0 aliphatic rings. The molecule has 0 unspecified atom stereocenters. The van der Waals surface area contributed by atoms with Crippen molar-refractivity contribution in [2.45, 2.75) is 273 Å². The van der Waals surface area contributed by atoms with Gasteiger partial charge >= 0.3 is 11.9 Å². The van der Waals surface area contributed by atoms with Crippen LogP contribution in [0.25, 0.3) is 0 Å². The summed E-state index contributed by atoms with van der Waals surface area (Å²) < 4.78 is 11.9. The van der Waals surface area contributed by atoms with E-state index in [4.69, 9.17) is 9.47 Å². The summed E-state index contributed by atoms with van der Waals surface area (Å²) in [7, 11) is 0. The summed E-state index contributed by atoms with van der Waals surface area (Å²) in [5.74, 6) is -0.0299. The van der Waals surface area contributed by atoms with Gasteiger partial charge in [0.15, 0.2) is 0 Å². The first-order chi connectivity index (χ1) is 27.5. The Morgan fingerprint density at radius 3 is 1.40 bits per heavy atom. The minimum Gasteiger partial charge on any atom is -0.465 e. The van der Waals surface area contributed by atoms with E-state index in [-0.39, 0.29) is 30.1 Å². The molecule has 0 fully saturated rings. The van der Waals surface area contributed by atoms with Crippen LogP contribution in [0.4, 0.5) is 0 Å². The number of aliphatic hydroxyl groups is 1. The molecule has 1 N–H and O–H groups in total. The van der Waals surface area contributed by atoms with Gasteiger partial charge < -0.3 is 19.5 Å². The molecule has 0 aliphatic carbocycles. The molecule has 0 heterocycles. The van der Waals surface area contributed by atoms with Gasteiger partial charge in [-0.1, -0.05) is 189 Å². The Morgan fingerprint density at radius 1 is 0.509 bits per heavy atom. The monoisotopic (exact) mass is 808 g/mol. The fourth-order valence-corrected chi connectivity index (χ4v) is 8.01. The molecule has 57 heavy (non-hydrogen) atoms. The second-order valence-corrected chi connectivity index (χ2v) is 19.3. The van der Waals surface area contributed by atoms with Crippen LogP contribution >= 0.6 is 0 Å². The van der Waals surface area contributed by atoms with E-state index in [1.165, 1.54) is 128 Å². The number of unbranched alkanes of at least 4 members (excludes halogenated alkanes) is 24. The van der Waals surface area contributed by atoms with Crippen LogP contribution in [-0.4, -0.2) is 60.9 Å². The Balaban J connectivity index is 4.36. The topological polar surface area (TPSA) is 76.1 Å². The highest BCUT2D eigenvalue weighted by Gasteiger charge is 2.31. The Morgan fingerprint density at radius 2 is 0.912 bits per heavy atom. The van der Waals surface area contributed by atoms with E-state index in [9.17, 15) is 14.7 Å². The minimum absolute atomic E-state index is 0.00555. The number of ether oxygens (including phenoxy) is 2. The van der Waals surface area contributed by atoms with Crippen molar-refractivity contribution in [3.8, 4) is 0 Å². The lowest BCUT2D eigenvalue weighted by Gasteiger charge is -2.27. The fraction of sp³-hybridized carbons (Fsp3) is 0.961. The van der Waals surface area contributed by atoms with Gasteiger partial charge in [-0.25, -0.2) is 0 Å². The maximum atomic E-state index is 13.4. The Labute approximate surface area is 356 Å². The average Bonchev–Trinajstić information content (AvgIpc) is 3.18. The number of carbonyl (C=O) groups excluding carboxylic acids is 2. The smallest absolute Gasteiger partial charge is 0.311 e. The van der Waals surface area contributed by atoms with Gasteiger partial charge in [0, 0.05) is 13.0 Å². The van der Waals surface area contributed by atoms with Crippen molar-refractivity contribution in [3.63, 3.8) is 0 Å². The standard InChI is InChI=1S/C51H101NO5/c1-8-11-14-17-20-23-26-32-39-48(54)56-46-50(4,5)40-33-29-36-43-52(44-45-53)42-35-28-27-34-41-51(6,7)49(55)57-47(37-30-24-21-18-15-12-9-2)38-31-25-22-19-16-13-10-3/h47,53H,8-46H2,1-7H3. The van der Waals surface area contributed by atoms with Crippen molar-refractivity contribution in [3.05, 3.63) is 0 Å². The third kappa shape index (κ3) is 36.4. The third-order valence-electron chi connectivity index (χ3n) is 12.2. The van der Waals surface area contributed by atoms with Gasteiger partial charge in [-0.05, 0) is 90.1 Å². The van der Waals surface area contributed by atoms with E-state index < -0.39 is 5.41 Å². The SMILES string of the molecule is CCCCCCCCCCC(=O)OCC(C)(C)CCCCCN(CCO)CCCCCCC(C)(C)C(=O)OC(CCCCCCCCC)CCCCCCCCC. The molecular formula is C51H101NO5. The zero-order chi connectivity index (χ0) is 42.3. The molecule has 0 saturated carbocycles. The molecule has 0 bridgehead atoms. The van der Waals surface area contributed by atoms with Gasteiger partial charge in [0.1, 0.15) is 6.10 Å². The van der Waals surface area contributed by atoms with Crippen molar-refractivity contribution in [2.75, 3.05) is 32.8 Å². The molecule has 6 heteroatoms. The molecule has 340 valence electrons. The van der Waals surface area contributed by atoms with Crippen LogP contribution in [0.3, 0.4) is 0 Å². The first kappa shape index (κ1) is 55.9. The highest BCUT2D eigenvalue weighted by Crippen LogP contribution is 2.29. The molecule has 0 aromatic heterocycles. The summed E-state index contributed by atoms with van der Waals surface area (Å²) in [6.07, 6.45) is 40.5. The summed E-state index contributed by atoms with van der Waals surface area (Å²) in [6, 6.07) is 0. The first-order valence-corrected chi connectivity index (χ1v) is 25.2. The number of carbonyl (C=O) groups is 2. The predicted molar refractivity (Wildman–Crippen MR) is 246 cm³/mol. The highest BCUT2D eigenvalue weighted by molar-refractivity contribution is 5.76. The lowest BCUT2D eigenvalue weighted by Crippen LogP contribution is -2.31. The number of nitrogens with zero attached hydrogens (tertiary/aromatic N) is 1. The van der Waals surface area contributed by atoms with Gasteiger partial charge in [0.25, 0.3) is 0 Å². The van der Waals surface area contributed by atoms with E-state index in [2.05, 4.69) is 53.4 Å². The summed E-state index contributed by atoms with van der Waals surface area (Å²) in [5, 5.41) is 9.69. The zero-order valence-corrected chi connectivity index (χ0v) is 39.7. The number of esters is 2. The molecule has 0 saturated heterocycles. The summed E-state index contributed by atoms with van der Waals surface area (Å²) in [5.41, 5.74) is -0.433. The number of rotatable bonds is 44. The molecule has 0 spiro atoms. The first-order valence-electron chi connectivity index (χ1n) is 25.2. The van der Waals surface area contributed by atoms with Gasteiger partial charge in [0.2, 0.25) is 0 Å². The van der Waals surface area contributed by atoms with Crippen molar-refractivity contribution in [1.29, 1.82) is 0 Å². The predicted octanol–water partition coefficient (Wildman–Crippen LogP) is 15.1. The van der Waals surface area contributed by atoms with Crippen LogP contribution in [0.15, 0.2) is 0 Å². The van der Waals surface area contributed by atoms with Crippen molar-refractivity contribution < 1.29 is 24.2 Å². The zero-order valence-electron chi connectivity index (χ0n) is 39.7. The van der Waals surface area contributed by atoms with Crippen molar-refractivity contribution >= 4 is 11.9 Å². The second kappa shape index (κ2) is 39.0. The normalized spacial score (nSPS) is 12.2. The fourth-order valence-electron chi connectivity index (χ4n) is 8.01. The van der Waals surface area contributed by atoms with Gasteiger partial charge in [-0.15, -0.1) is 0 Å². The molecular weight excluding hydrogens is 707 g/mol. The average molecular weight is 808 g/mol. The number of hydrogen-bond acceptors (Lipinski definition) is 6. The molecule has 0 aromatic carbocycles. The molecule has 0 atom stereocenters. The summed E-state index contributed by atoms with van der Waals surface area (Å²) in [4.78, 5) is 28.1. The quantitative estimate of drug-likeness (QED) is 0.0488. The minimum atomic E-state index is -0.440. The number of aliphatic hydroxyl groups excluding tert-OH is 1. The van der Waals surface area contributed by atoms with E-state index in [0.29, 0.717) is 13.0 Å². The van der Waals surface area contributed by atoms with Gasteiger partial charge in [-0.2, -0.15) is 0 Å². The summed E-state index contributed by atoms with van der Waals surface area (Å²) in [6.45, 7) is 18.9. The lowest BCUT2D eigenvalue weighted by atomic mass is 9.86. The molecule has 0 radical (unpaired) electrons. The van der Waals surface area contributed by atoms with Crippen LogP contribution in [0, 0.1) is 10.8 Å². The van der Waals surface area contributed by atoms with Crippen molar-refractivity contribution in [1.82, 2.24) is 4.90 Å². The van der Waals surface area contributed by atoms with Gasteiger partial charge in [0.05, 0.1) is 18.6 Å². The van der Waals surface area contributed by atoms with Gasteiger partial charge in [-0.3, -0.25) is 9.59 Å². The van der Waals surface area contributed by atoms with Crippen LogP contribution in [-0.2, 0) is 19.1 Å². The molecule has 0 aliphatic heterocycles. The Kier molecular flexibility index (Phi) is 38.2. The highest BCUT2D eigenvalue weighted by atomic mass is 16.5. The van der Waals surface area contributed by atoms with E-state index >= 15 is 0 Å². The van der Waals surface area contributed by atoms with E-state index in [1.54, 1.807) is 0 Å². The van der Waals surface area contributed by atoms with Crippen LogP contribution in [0.2, 0.25) is 0 Å². The maximum absolute atomic E-state index is 13.4. The molecule has 6 nitrogen and oxygen atoms in total. The second-order valence-electron chi connectivity index (χ2n) is 19.3. The molecule has 0 aromatic rings. The Bertz CT molecular complexity index is 871.